The Morgan fingerprint density at radius 3 is 2.48 bits per heavy atom. The van der Waals surface area contributed by atoms with Gasteiger partial charge in [-0.3, -0.25) is 4.79 Å². The average Bonchev–Trinajstić information content (AvgIpc) is 2.95. The van der Waals surface area contributed by atoms with Gasteiger partial charge in [0, 0.05) is 6.42 Å². The molecule has 0 amide bonds. The summed E-state index contributed by atoms with van der Waals surface area (Å²) >= 11 is 0. The first-order chi connectivity index (χ1) is 12.7. The Labute approximate surface area is 163 Å². The molecule has 0 spiro atoms. The second-order valence-electron chi connectivity index (χ2n) is 11.0. The zero-order valence-electron chi connectivity index (χ0n) is 17.2. The van der Waals surface area contributed by atoms with E-state index in [2.05, 4.69) is 20.8 Å². The smallest absolute Gasteiger partial charge is 0.303 e. The molecule has 0 aromatic rings. The number of rotatable bonds is 3. The van der Waals surface area contributed by atoms with Crippen molar-refractivity contribution in [1.29, 1.82) is 0 Å². The highest BCUT2D eigenvalue weighted by Crippen LogP contribution is 2.68. The first kappa shape index (κ1) is 19.7. The van der Waals surface area contributed by atoms with Crippen LogP contribution in [0.3, 0.4) is 0 Å². The predicted octanol–water partition coefficient (Wildman–Crippen LogP) is 4.09. The van der Waals surface area contributed by atoms with Crippen LogP contribution in [0, 0.1) is 46.3 Å². The summed E-state index contributed by atoms with van der Waals surface area (Å²) in [5, 5.41) is 30.8. The van der Waals surface area contributed by atoms with Crippen molar-refractivity contribution in [3.05, 3.63) is 0 Å². The topological polar surface area (TPSA) is 77.8 Å². The Hall–Kier alpha value is -0.610. The number of aliphatic hydroxyl groups is 2. The lowest BCUT2D eigenvalue weighted by atomic mass is 9.43. The van der Waals surface area contributed by atoms with Crippen LogP contribution in [0.4, 0.5) is 0 Å². The molecule has 0 aromatic carbocycles. The number of hydrogen-bond donors (Lipinski definition) is 3. The molecule has 4 fully saturated rings. The first-order valence-electron chi connectivity index (χ1n) is 11.3. The quantitative estimate of drug-likeness (QED) is 0.691. The van der Waals surface area contributed by atoms with Crippen molar-refractivity contribution in [2.45, 2.75) is 90.8 Å². The summed E-state index contributed by atoms with van der Waals surface area (Å²) < 4.78 is 0. The number of aliphatic hydroxyl groups excluding tert-OH is 2. The molecule has 0 aliphatic heterocycles. The van der Waals surface area contributed by atoms with E-state index in [0.717, 1.165) is 38.5 Å². The van der Waals surface area contributed by atoms with Crippen LogP contribution in [0.25, 0.3) is 0 Å². The largest absolute Gasteiger partial charge is 0.481 e. The van der Waals surface area contributed by atoms with Gasteiger partial charge in [-0.2, -0.15) is 0 Å². The number of carboxylic acid groups (broad SMARTS) is 1. The third kappa shape index (κ3) is 2.88. The van der Waals surface area contributed by atoms with E-state index in [4.69, 9.17) is 0 Å². The minimum Gasteiger partial charge on any atom is -0.481 e. The molecule has 3 N–H and O–H groups in total. The van der Waals surface area contributed by atoms with E-state index in [1.165, 1.54) is 12.8 Å². The summed E-state index contributed by atoms with van der Waals surface area (Å²) in [7, 11) is 0. The fourth-order valence-corrected chi connectivity index (χ4v) is 8.58. The molecule has 0 radical (unpaired) electrons. The minimum absolute atomic E-state index is 0.125. The molecule has 10 atom stereocenters. The van der Waals surface area contributed by atoms with Crippen LogP contribution in [-0.4, -0.2) is 33.5 Å². The molecule has 0 saturated heterocycles. The normalized spacial score (nSPS) is 53.1. The molecule has 0 unspecified atom stereocenters. The van der Waals surface area contributed by atoms with Crippen LogP contribution in [0.1, 0.15) is 78.6 Å². The summed E-state index contributed by atoms with van der Waals surface area (Å²) in [6, 6.07) is 0. The summed E-state index contributed by atoms with van der Waals surface area (Å²) in [6.07, 6.45) is 8.22. The molecule has 0 bridgehead atoms. The zero-order chi connectivity index (χ0) is 19.6. The van der Waals surface area contributed by atoms with Crippen molar-refractivity contribution in [3.8, 4) is 0 Å². The molecule has 0 aromatic heterocycles. The predicted molar refractivity (Wildman–Crippen MR) is 104 cm³/mol. The molecule has 4 nitrogen and oxygen atoms in total. The third-order valence-electron chi connectivity index (χ3n) is 10.00. The fourth-order valence-electron chi connectivity index (χ4n) is 8.58. The molecule has 4 aliphatic carbocycles. The van der Waals surface area contributed by atoms with E-state index in [9.17, 15) is 20.1 Å². The van der Waals surface area contributed by atoms with Crippen molar-refractivity contribution in [1.82, 2.24) is 0 Å². The van der Waals surface area contributed by atoms with Crippen molar-refractivity contribution < 1.29 is 20.1 Å². The first-order valence-corrected chi connectivity index (χ1v) is 11.3. The second-order valence-corrected chi connectivity index (χ2v) is 11.0. The number of aliphatic carboxylic acids is 1. The Morgan fingerprint density at radius 2 is 1.78 bits per heavy atom. The number of fused-ring (bicyclic) bond motifs is 5. The maximum Gasteiger partial charge on any atom is 0.303 e. The van der Waals surface area contributed by atoms with E-state index in [0.29, 0.717) is 29.6 Å². The van der Waals surface area contributed by atoms with Gasteiger partial charge in [0.15, 0.2) is 0 Å². The van der Waals surface area contributed by atoms with Crippen molar-refractivity contribution in [3.63, 3.8) is 0 Å². The minimum atomic E-state index is -0.716. The summed E-state index contributed by atoms with van der Waals surface area (Å²) in [5.41, 5.74) is 0.128. The van der Waals surface area contributed by atoms with Crippen LogP contribution in [0.2, 0.25) is 0 Å². The van der Waals surface area contributed by atoms with E-state index in [-0.39, 0.29) is 35.4 Å². The summed E-state index contributed by atoms with van der Waals surface area (Å²) in [6.45, 7) is 6.79. The van der Waals surface area contributed by atoms with Crippen LogP contribution >= 0.6 is 0 Å². The highest BCUT2D eigenvalue weighted by Gasteiger charge is 2.63. The standard InChI is InChI=1S/C23H38O4/c1-13(10-21(26)27)17-6-7-18-16-5-4-14-11-15(24)8-9-22(14,2)19(16)12-20(25)23(17,18)3/h13-20,24-25H,4-12H2,1-3H3,(H,26,27)/t13-,14-,15-,16+,17-,18+,19+,20+,22-,23+/m1/s1. The molecule has 4 heteroatoms. The van der Waals surface area contributed by atoms with Gasteiger partial charge in [0.25, 0.3) is 0 Å². The van der Waals surface area contributed by atoms with Gasteiger partial charge >= 0.3 is 5.97 Å². The highest BCUT2D eigenvalue weighted by molar-refractivity contribution is 5.67. The Bertz CT molecular complexity index is 591. The van der Waals surface area contributed by atoms with Gasteiger partial charge in [-0.15, -0.1) is 0 Å². The lowest BCUT2D eigenvalue weighted by Crippen LogP contribution is -2.58. The molecule has 0 heterocycles. The second kappa shape index (κ2) is 6.73. The van der Waals surface area contributed by atoms with E-state index >= 15 is 0 Å². The Balaban J connectivity index is 1.60. The van der Waals surface area contributed by atoms with Crippen molar-refractivity contribution in [2.75, 3.05) is 0 Å². The van der Waals surface area contributed by atoms with E-state index < -0.39 is 5.97 Å². The van der Waals surface area contributed by atoms with Crippen LogP contribution in [0.5, 0.6) is 0 Å². The van der Waals surface area contributed by atoms with Crippen molar-refractivity contribution >= 4 is 5.97 Å². The number of carboxylic acids is 1. The molecule has 27 heavy (non-hydrogen) atoms. The highest BCUT2D eigenvalue weighted by atomic mass is 16.4. The van der Waals surface area contributed by atoms with Gasteiger partial charge < -0.3 is 15.3 Å². The van der Waals surface area contributed by atoms with Crippen LogP contribution in [0.15, 0.2) is 0 Å². The SMILES string of the molecule is C[C@H](CC(=O)O)[C@H]1CC[C@H]2[C@@H]3CC[C@@H]4C[C@H](O)CC[C@@]4(C)[C@H]3C[C@H](O)[C@@]12C. The molecule has 154 valence electrons. The summed E-state index contributed by atoms with van der Waals surface area (Å²) in [4.78, 5) is 11.3. The van der Waals surface area contributed by atoms with Gasteiger partial charge in [0.2, 0.25) is 0 Å². The molecular weight excluding hydrogens is 340 g/mol. The number of carbonyl (C=O) groups is 1. The maximum absolute atomic E-state index is 11.4. The zero-order valence-corrected chi connectivity index (χ0v) is 17.2. The van der Waals surface area contributed by atoms with Gasteiger partial charge in [-0.05, 0) is 97.7 Å². The third-order valence-corrected chi connectivity index (χ3v) is 10.00. The van der Waals surface area contributed by atoms with Crippen LogP contribution in [-0.2, 0) is 4.79 Å². The lowest BCUT2D eigenvalue weighted by Gasteiger charge is -2.62. The summed E-state index contributed by atoms with van der Waals surface area (Å²) in [5.74, 6) is 2.07. The molecule has 4 aliphatic rings. The van der Waals surface area contributed by atoms with Gasteiger partial charge in [0.05, 0.1) is 12.2 Å². The Kier molecular flexibility index (Phi) is 4.91. The molecule has 4 saturated carbocycles. The van der Waals surface area contributed by atoms with Gasteiger partial charge in [0.1, 0.15) is 0 Å². The van der Waals surface area contributed by atoms with E-state index in [1.807, 2.05) is 0 Å². The Morgan fingerprint density at radius 1 is 1.04 bits per heavy atom. The average molecular weight is 379 g/mol. The lowest BCUT2D eigenvalue weighted by molar-refractivity contribution is -0.175. The van der Waals surface area contributed by atoms with Gasteiger partial charge in [-0.1, -0.05) is 20.8 Å². The molecule has 4 rings (SSSR count). The monoisotopic (exact) mass is 378 g/mol. The van der Waals surface area contributed by atoms with Crippen LogP contribution < -0.4 is 0 Å². The molecular formula is C23H38O4. The number of hydrogen-bond acceptors (Lipinski definition) is 3. The maximum atomic E-state index is 11.4. The fraction of sp³-hybridized carbons (Fsp3) is 0.957. The van der Waals surface area contributed by atoms with Crippen molar-refractivity contribution in [2.24, 2.45) is 46.3 Å². The van der Waals surface area contributed by atoms with Gasteiger partial charge in [-0.25, -0.2) is 0 Å². The van der Waals surface area contributed by atoms with E-state index in [1.54, 1.807) is 0 Å².